The Hall–Kier alpha value is -3.13. The summed E-state index contributed by atoms with van der Waals surface area (Å²) in [6.07, 6.45) is 8.77. The number of nitrogens with one attached hydrogen (secondary N) is 2. The first-order chi connectivity index (χ1) is 18.9. The summed E-state index contributed by atoms with van der Waals surface area (Å²) in [5.41, 5.74) is 3.46. The standard InChI is InChI=1S/C31H41N5O3/c1-19(2)35-13-4-5-23(18-35)33-30(37)22-7-11-28(32-17-22)36-25-8-9-26(36)16-24(15-25)34-31(38)27-10-6-21-12-14-39-29(21)20(27)3/h6-7,10-11,17,19,23-26H,4-5,8-9,12-16,18H2,1-3H3,(H,33,37)(H,34,38)/t23-,24?,25?,26?/m1/s1. The lowest BCUT2D eigenvalue weighted by molar-refractivity contribution is 0.0885. The smallest absolute Gasteiger partial charge is 0.253 e. The second-order valence-electron chi connectivity index (χ2n) is 12.1. The zero-order valence-corrected chi connectivity index (χ0v) is 23.4. The van der Waals surface area contributed by atoms with Crippen molar-refractivity contribution >= 4 is 17.6 Å². The lowest BCUT2D eigenvalue weighted by Crippen LogP contribution is -2.51. The van der Waals surface area contributed by atoms with Gasteiger partial charge in [0.1, 0.15) is 11.6 Å². The lowest BCUT2D eigenvalue weighted by Gasteiger charge is -2.40. The van der Waals surface area contributed by atoms with Crippen LogP contribution in [0.15, 0.2) is 30.5 Å². The fraction of sp³-hybridized carbons (Fsp3) is 0.581. The molecule has 0 aliphatic carbocycles. The zero-order chi connectivity index (χ0) is 27.1. The van der Waals surface area contributed by atoms with Gasteiger partial charge in [0.15, 0.2) is 0 Å². The number of hydrogen-bond acceptors (Lipinski definition) is 6. The van der Waals surface area contributed by atoms with Gasteiger partial charge in [0.25, 0.3) is 11.8 Å². The molecule has 0 spiro atoms. The van der Waals surface area contributed by atoms with Crippen LogP contribution in [0.2, 0.25) is 0 Å². The summed E-state index contributed by atoms with van der Waals surface area (Å²) < 4.78 is 5.77. The number of benzene rings is 1. The molecule has 0 radical (unpaired) electrons. The van der Waals surface area contributed by atoms with E-state index in [0.29, 0.717) is 35.9 Å². The summed E-state index contributed by atoms with van der Waals surface area (Å²) in [6, 6.07) is 9.39. The van der Waals surface area contributed by atoms with E-state index in [1.165, 1.54) is 5.56 Å². The third kappa shape index (κ3) is 5.23. The van der Waals surface area contributed by atoms with Gasteiger partial charge >= 0.3 is 0 Å². The average Bonchev–Trinajstić information content (AvgIpc) is 3.52. The number of hydrogen-bond donors (Lipinski definition) is 2. The van der Waals surface area contributed by atoms with E-state index in [0.717, 1.165) is 75.2 Å². The molecule has 8 heteroatoms. The molecule has 1 aromatic carbocycles. The first kappa shape index (κ1) is 26.1. The molecular weight excluding hydrogens is 490 g/mol. The number of nitrogens with zero attached hydrogens (tertiary/aromatic N) is 3. The number of carbonyl (C=O) groups is 2. The Kier molecular flexibility index (Phi) is 7.23. The Labute approximate surface area is 231 Å². The van der Waals surface area contributed by atoms with Crippen molar-refractivity contribution in [2.24, 2.45) is 0 Å². The topological polar surface area (TPSA) is 86.8 Å². The Morgan fingerprint density at radius 2 is 1.77 bits per heavy atom. The van der Waals surface area contributed by atoms with Gasteiger partial charge < -0.3 is 20.3 Å². The van der Waals surface area contributed by atoms with Crippen LogP contribution in [0.1, 0.15) is 84.2 Å². The van der Waals surface area contributed by atoms with E-state index in [1.807, 2.05) is 31.2 Å². The van der Waals surface area contributed by atoms with Gasteiger partial charge in [-0.15, -0.1) is 0 Å². The molecule has 2 aromatic rings. The van der Waals surface area contributed by atoms with Gasteiger partial charge in [-0.3, -0.25) is 14.5 Å². The molecule has 39 heavy (non-hydrogen) atoms. The second kappa shape index (κ2) is 10.8. The maximum absolute atomic E-state index is 13.2. The molecule has 4 aliphatic rings. The Morgan fingerprint density at radius 1 is 1.00 bits per heavy atom. The molecular formula is C31H41N5O3. The van der Waals surface area contributed by atoms with Crippen molar-refractivity contribution in [1.29, 1.82) is 0 Å². The molecule has 3 saturated heterocycles. The third-order valence-electron chi connectivity index (χ3n) is 9.21. The van der Waals surface area contributed by atoms with Crippen molar-refractivity contribution in [2.75, 3.05) is 24.6 Å². The first-order valence-electron chi connectivity index (χ1n) is 14.7. The summed E-state index contributed by atoms with van der Waals surface area (Å²) >= 11 is 0. The van der Waals surface area contributed by atoms with Crippen LogP contribution in [0.25, 0.3) is 0 Å². The molecule has 3 fully saturated rings. The number of anilines is 1. The minimum Gasteiger partial charge on any atom is -0.493 e. The first-order valence-corrected chi connectivity index (χ1v) is 14.7. The van der Waals surface area contributed by atoms with E-state index in [4.69, 9.17) is 9.72 Å². The fourth-order valence-electron chi connectivity index (χ4n) is 7.12. The van der Waals surface area contributed by atoms with Gasteiger partial charge in [-0.2, -0.15) is 0 Å². The highest BCUT2D eigenvalue weighted by molar-refractivity contribution is 5.97. The van der Waals surface area contributed by atoms with Gasteiger partial charge in [-0.05, 0) is 89.6 Å². The molecule has 2 amide bonds. The Balaban J connectivity index is 1.06. The summed E-state index contributed by atoms with van der Waals surface area (Å²) in [5, 5.41) is 6.54. The zero-order valence-electron chi connectivity index (χ0n) is 23.4. The van der Waals surface area contributed by atoms with Crippen LogP contribution in [-0.4, -0.2) is 71.6 Å². The van der Waals surface area contributed by atoms with Crippen LogP contribution >= 0.6 is 0 Å². The number of amides is 2. The highest BCUT2D eigenvalue weighted by Gasteiger charge is 2.42. The van der Waals surface area contributed by atoms with E-state index in [-0.39, 0.29) is 23.9 Å². The molecule has 0 saturated carbocycles. The highest BCUT2D eigenvalue weighted by Crippen LogP contribution is 2.39. The number of carbonyl (C=O) groups excluding carboxylic acids is 2. The molecule has 3 atom stereocenters. The molecule has 5 heterocycles. The molecule has 4 aliphatic heterocycles. The maximum Gasteiger partial charge on any atom is 0.253 e. The number of pyridine rings is 1. The van der Waals surface area contributed by atoms with E-state index in [1.54, 1.807) is 6.20 Å². The highest BCUT2D eigenvalue weighted by atomic mass is 16.5. The summed E-state index contributed by atoms with van der Waals surface area (Å²) in [4.78, 5) is 35.7. The monoisotopic (exact) mass is 531 g/mol. The molecule has 2 bridgehead atoms. The number of likely N-dealkylation sites (tertiary alicyclic amines) is 1. The number of piperidine rings is 2. The van der Waals surface area contributed by atoms with E-state index in [9.17, 15) is 9.59 Å². The SMILES string of the molecule is Cc1c(C(=O)NC2CC3CCC(C2)N3c2ccc(C(=O)N[C@@H]3CCCN(C(C)C)C3)cn2)ccc2c1OCC2. The molecule has 1 aromatic heterocycles. The van der Waals surface area contributed by atoms with Crippen LogP contribution in [0.3, 0.4) is 0 Å². The Bertz CT molecular complexity index is 1220. The van der Waals surface area contributed by atoms with E-state index < -0.39 is 0 Å². The summed E-state index contributed by atoms with van der Waals surface area (Å²) in [6.45, 7) is 9.11. The molecule has 6 rings (SSSR count). The average molecular weight is 532 g/mol. The maximum atomic E-state index is 13.2. The second-order valence-corrected chi connectivity index (χ2v) is 12.1. The Morgan fingerprint density at radius 3 is 2.49 bits per heavy atom. The van der Waals surface area contributed by atoms with Gasteiger partial charge in [0, 0.05) is 60.5 Å². The van der Waals surface area contributed by atoms with Crippen molar-refractivity contribution in [3.63, 3.8) is 0 Å². The molecule has 2 N–H and O–H groups in total. The molecule has 2 unspecified atom stereocenters. The van der Waals surface area contributed by atoms with Gasteiger partial charge in [0.2, 0.25) is 0 Å². The minimum absolute atomic E-state index is 0.00776. The van der Waals surface area contributed by atoms with Crippen LogP contribution in [0.4, 0.5) is 5.82 Å². The van der Waals surface area contributed by atoms with Gasteiger partial charge in [-0.25, -0.2) is 4.98 Å². The summed E-state index contributed by atoms with van der Waals surface area (Å²) in [7, 11) is 0. The van der Waals surface area contributed by atoms with Crippen molar-refractivity contribution in [3.05, 3.63) is 52.7 Å². The van der Waals surface area contributed by atoms with E-state index in [2.05, 4.69) is 34.3 Å². The normalized spacial score (nSPS) is 26.3. The largest absolute Gasteiger partial charge is 0.493 e. The van der Waals surface area contributed by atoms with Crippen molar-refractivity contribution in [2.45, 2.75) is 95.9 Å². The van der Waals surface area contributed by atoms with Crippen molar-refractivity contribution in [3.8, 4) is 5.75 Å². The van der Waals surface area contributed by atoms with Crippen LogP contribution < -0.4 is 20.3 Å². The third-order valence-corrected chi connectivity index (χ3v) is 9.21. The lowest BCUT2D eigenvalue weighted by atomic mass is 9.96. The minimum atomic E-state index is -0.0405. The fourth-order valence-corrected chi connectivity index (χ4v) is 7.12. The summed E-state index contributed by atoms with van der Waals surface area (Å²) in [5.74, 6) is 1.77. The van der Waals surface area contributed by atoms with Gasteiger partial charge in [0.05, 0.1) is 12.2 Å². The number of rotatable bonds is 6. The predicted octanol–water partition coefficient (Wildman–Crippen LogP) is 3.86. The van der Waals surface area contributed by atoms with Crippen molar-refractivity contribution in [1.82, 2.24) is 20.5 Å². The number of ether oxygens (including phenoxy) is 1. The van der Waals surface area contributed by atoms with E-state index >= 15 is 0 Å². The number of aromatic nitrogens is 1. The van der Waals surface area contributed by atoms with Gasteiger partial charge in [-0.1, -0.05) is 6.07 Å². The molecule has 208 valence electrons. The van der Waals surface area contributed by atoms with Crippen LogP contribution in [0, 0.1) is 6.92 Å². The van der Waals surface area contributed by atoms with Crippen LogP contribution in [0.5, 0.6) is 5.75 Å². The molecule has 8 nitrogen and oxygen atoms in total. The quantitative estimate of drug-likeness (QED) is 0.589. The van der Waals surface area contributed by atoms with Crippen LogP contribution in [-0.2, 0) is 6.42 Å². The van der Waals surface area contributed by atoms with Crippen molar-refractivity contribution < 1.29 is 14.3 Å². The predicted molar refractivity (Wildman–Crippen MR) is 152 cm³/mol. The number of fused-ring (bicyclic) bond motifs is 3.